The summed E-state index contributed by atoms with van der Waals surface area (Å²) in [5, 5.41) is 3.57. The van der Waals surface area contributed by atoms with E-state index in [0.717, 1.165) is 5.69 Å². The van der Waals surface area contributed by atoms with Crippen molar-refractivity contribution in [3.05, 3.63) is 65.4 Å². The molecule has 1 amide bonds. The molecule has 1 aromatic heterocycles. The molecular formula is C22H22N2O4. The first-order valence-electron chi connectivity index (χ1n) is 8.96. The third-order valence-corrected chi connectivity index (χ3v) is 4.11. The molecule has 3 aromatic rings. The Bertz CT molecular complexity index is 1040. The standard InChI is InChI=1S/C22H22N2O4/c1-13(2)28-22(26)15-9-10-18-17(12-15)19(11-14(3)23-18)24-21(25)16-7-5-6-8-20(16)27-4/h5-13H,1-4H3,(H,23,24,25). The predicted octanol–water partition coefficient (Wildman–Crippen LogP) is 4.37. The van der Waals surface area contributed by atoms with Crippen molar-refractivity contribution >= 4 is 28.5 Å². The molecule has 0 radical (unpaired) electrons. The van der Waals surface area contributed by atoms with Gasteiger partial charge in [-0.25, -0.2) is 4.79 Å². The lowest BCUT2D eigenvalue weighted by Gasteiger charge is -2.13. The van der Waals surface area contributed by atoms with Crippen LogP contribution in [0, 0.1) is 6.92 Å². The highest BCUT2D eigenvalue weighted by Gasteiger charge is 2.16. The number of carbonyl (C=O) groups excluding carboxylic acids is 2. The second-order valence-electron chi connectivity index (χ2n) is 6.65. The van der Waals surface area contributed by atoms with E-state index in [2.05, 4.69) is 10.3 Å². The van der Waals surface area contributed by atoms with Crippen LogP contribution < -0.4 is 10.1 Å². The highest BCUT2D eigenvalue weighted by atomic mass is 16.5. The number of nitrogens with zero attached hydrogens (tertiary/aromatic N) is 1. The quantitative estimate of drug-likeness (QED) is 0.667. The molecule has 144 valence electrons. The number of methoxy groups -OCH3 is 1. The first kappa shape index (κ1) is 19.4. The van der Waals surface area contributed by atoms with E-state index < -0.39 is 5.97 Å². The second-order valence-corrected chi connectivity index (χ2v) is 6.65. The number of esters is 1. The summed E-state index contributed by atoms with van der Waals surface area (Å²) >= 11 is 0. The predicted molar refractivity (Wildman–Crippen MR) is 108 cm³/mol. The monoisotopic (exact) mass is 378 g/mol. The normalized spacial score (nSPS) is 10.8. The Hall–Kier alpha value is -3.41. The molecule has 28 heavy (non-hydrogen) atoms. The van der Waals surface area contributed by atoms with Crippen LogP contribution in [0.25, 0.3) is 10.9 Å². The van der Waals surface area contributed by atoms with Crippen molar-refractivity contribution < 1.29 is 19.1 Å². The minimum atomic E-state index is -0.417. The maximum atomic E-state index is 12.8. The van der Waals surface area contributed by atoms with E-state index in [0.29, 0.717) is 33.5 Å². The number of aromatic nitrogens is 1. The molecule has 0 aliphatic carbocycles. The molecule has 0 unspecified atom stereocenters. The number of hydrogen-bond donors (Lipinski definition) is 1. The molecule has 0 spiro atoms. The van der Waals surface area contributed by atoms with Crippen molar-refractivity contribution in [2.24, 2.45) is 0 Å². The van der Waals surface area contributed by atoms with Crippen LogP contribution in [0.3, 0.4) is 0 Å². The van der Waals surface area contributed by atoms with E-state index in [1.54, 1.807) is 62.4 Å². The number of aryl methyl sites for hydroxylation is 1. The summed E-state index contributed by atoms with van der Waals surface area (Å²) in [6, 6.07) is 13.9. The van der Waals surface area contributed by atoms with Gasteiger partial charge in [-0.2, -0.15) is 0 Å². The fourth-order valence-corrected chi connectivity index (χ4v) is 2.89. The molecule has 1 heterocycles. The second kappa shape index (κ2) is 8.08. The summed E-state index contributed by atoms with van der Waals surface area (Å²) in [7, 11) is 1.52. The molecule has 0 atom stereocenters. The Morgan fingerprint density at radius 1 is 1.07 bits per heavy atom. The number of ether oxygens (including phenoxy) is 2. The van der Waals surface area contributed by atoms with Crippen LogP contribution in [0.2, 0.25) is 0 Å². The average Bonchev–Trinajstić information content (AvgIpc) is 2.66. The molecule has 6 heteroatoms. The van der Waals surface area contributed by atoms with Crippen molar-refractivity contribution in [3.8, 4) is 5.75 Å². The van der Waals surface area contributed by atoms with Crippen molar-refractivity contribution in [1.82, 2.24) is 4.98 Å². The van der Waals surface area contributed by atoms with Gasteiger partial charge in [0.2, 0.25) is 0 Å². The zero-order valence-electron chi connectivity index (χ0n) is 16.3. The average molecular weight is 378 g/mol. The Kier molecular flexibility index (Phi) is 5.59. The zero-order chi connectivity index (χ0) is 20.3. The number of benzene rings is 2. The highest BCUT2D eigenvalue weighted by molar-refractivity contribution is 6.10. The number of nitrogens with one attached hydrogen (secondary N) is 1. The zero-order valence-corrected chi connectivity index (χ0v) is 16.3. The first-order chi connectivity index (χ1) is 13.4. The van der Waals surface area contributed by atoms with Gasteiger partial charge in [0.05, 0.1) is 35.5 Å². The number of rotatable bonds is 5. The molecule has 0 fully saturated rings. The summed E-state index contributed by atoms with van der Waals surface area (Å²) in [4.78, 5) is 29.6. The van der Waals surface area contributed by atoms with Crippen molar-refractivity contribution in [1.29, 1.82) is 0 Å². The van der Waals surface area contributed by atoms with E-state index >= 15 is 0 Å². The first-order valence-corrected chi connectivity index (χ1v) is 8.96. The van der Waals surface area contributed by atoms with Crippen LogP contribution in [-0.4, -0.2) is 30.1 Å². The molecule has 3 rings (SSSR count). The molecule has 0 saturated heterocycles. The van der Waals surface area contributed by atoms with Crippen molar-refractivity contribution in [2.45, 2.75) is 26.9 Å². The van der Waals surface area contributed by atoms with Gasteiger partial charge in [-0.15, -0.1) is 0 Å². The number of para-hydroxylation sites is 1. The number of fused-ring (bicyclic) bond motifs is 1. The molecule has 0 aliphatic heterocycles. The van der Waals surface area contributed by atoms with Gasteiger partial charge in [-0.1, -0.05) is 12.1 Å². The summed E-state index contributed by atoms with van der Waals surface area (Å²) in [6.07, 6.45) is -0.218. The minimum Gasteiger partial charge on any atom is -0.496 e. The van der Waals surface area contributed by atoms with Crippen LogP contribution in [0.4, 0.5) is 5.69 Å². The fraction of sp³-hybridized carbons (Fsp3) is 0.227. The van der Waals surface area contributed by atoms with Gasteiger partial charge in [0.25, 0.3) is 5.91 Å². The van der Waals surface area contributed by atoms with E-state index in [1.165, 1.54) is 7.11 Å². The SMILES string of the molecule is COc1ccccc1C(=O)Nc1cc(C)nc2ccc(C(=O)OC(C)C)cc12. The Balaban J connectivity index is 2.01. The van der Waals surface area contributed by atoms with E-state index in [4.69, 9.17) is 9.47 Å². The third kappa shape index (κ3) is 4.11. The Morgan fingerprint density at radius 3 is 2.54 bits per heavy atom. The van der Waals surface area contributed by atoms with Crippen molar-refractivity contribution in [3.63, 3.8) is 0 Å². The lowest BCUT2D eigenvalue weighted by molar-refractivity contribution is 0.0378. The molecule has 0 saturated carbocycles. The molecule has 0 aliphatic rings. The number of anilines is 1. The van der Waals surface area contributed by atoms with Crippen LogP contribution in [0.15, 0.2) is 48.5 Å². The van der Waals surface area contributed by atoms with Gasteiger partial charge in [-0.05, 0) is 57.2 Å². The van der Waals surface area contributed by atoms with Crippen LogP contribution in [0.1, 0.15) is 40.3 Å². The number of hydrogen-bond acceptors (Lipinski definition) is 5. The van der Waals surface area contributed by atoms with Gasteiger partial charge < -0.3 is 14.8 Å². The molecule has 1 N–H and O–H groups in total. The van der Waals surface area contributed by atoms with Gasteiger partial charge in [0.1, 0.15) is 5.75 Å². The third-order valence-electron chi connectivity index (χ3n) is 4.11. The van der Waals surface area contributed by atoms with E-state index in [-0.39, 0.29) is 12.0 Å². The highest BCUT2D eigenvalue weighted by Crippen LogP contribution is 2.27. The topological polar surface area (TPSA) is 77.5 Å². The van der Waals surface area contributed by atoms with Gasteiger partial charge in [0, 0.05) is 11.1 Å². The van der Waals surface area contributed by atoms with Gasteiger partial charge in [-0.3, -0.25) is 9.78 Å². The maximum absolute atomic E-state index is 12.8. The maximum Gasteiger partial charge on any atom is 0.338 e. The molecule has 6 nitrogen and oxygen atoms in total. The van der Waals surface area contributed by atoms with Crippen LogP contribution in [-0.2, 0) is 4.74 Å². The summed E-state index contributed by atoms with van der Waals surface area (Å²) in [5.41, 5.74) is 2.82. The number of carbonyl (C=O) groups is 2. The van der Waals surface area contributed by atoms with Crippen LogP contribution in [0.5, 0.6) is 5.75 Å². The number of amides is 1. The fourth-order valence-electron chi connectivity index (χ4n) is 2.89. The smallest absolute Gasteiger partial charge is 0.338 e. The van der Waals surface area contributed by atoms with Crippen molar-refractivity contribution in [2.75, 3.05) is 12.4 Å². The number of pyridine rings is 1. The lowest BCUT2D eigenvalue weighted by Crippen LogP contribution is -2.14. The molecule has 2 aromatic carbocycles. The van der Waals surface area contributed by atoms with Crippen LogP contribution >= 0.6 is 0 Å². The van der Waals surface area contributed by atoms with E-state index in [1.807, 2.05) is 6.92 Å². The lowest BCUT2D eigenvalue weighted by atomic mass is 10.1. The summed E-state index contributed by atoms with van der Waals surface area (Å²) in [6.45, 7) is 5.44. The van der Waals surface area contributed by atoms with Gasteiger partial charge in [0.15, 0.2) is 0 Å². The minimum absolute atomic E-state index is 0.218. The summed E-state index contributed by atoms with van der Waals surface area (Å²) in [5.74, 6) is -0.240. The Morgan fingerprint density at radius 2 is 1.82 bits per heavy atom. The Labute approximate surface area is 163 Å². The molecule has 0 bridgehead atoms. The largest absolute Gasteiger partial charge is 0.496 e. The van der Waals surface area contributed by atoms with Gasteiger partial charge >= 0.3 is 5.97 Å². The van der Waals surface area contributed by atoms with E-state index in [9.17, 15) is 9.59 Å². The summed E-state index contributed by atoms with van der Waals surface area (Å²) < 4.78 is 10.5. The molecular weight excluding hydrogens is 356 g/mol.